The topological polar surface area (TPSA) is 35.6 Å². The number of amides is 1. The van der Waals surface area contributed by atoms with E-state index in [1.165, 1.54) is 18.5 Å². The maximum absolute atomic E-state index is 12.8. The molecular formula is C23H28ClN3O. The fourth-order valence-corrected chi connectivity index (χ4v) is 4.45. The number of carbonyl (C=O) groups excluding carboxylic acids is 1. The van der Waals surface area contributed by atoms with E-state index in [4.69, 9.17) is 11.6 Å². The van der Waals surface area contributed by atoms with E-state index in [2.05, 4.69) is 33.3 Å². The molecule has 2 aromatic rings. The van der Waals surface area contributed by atoms with E-state index in [-0.39, 0.29) is 11.8 Å². The summed E-state index contributed by atoms with van der Waals surface area (Å²) in [6.45, 7) is 4.86. The summed E-state index contributed by atoms with van der Waals surface area (Å²) in [5.74, 6) is 0.146. The first-order valence-electron chi connectivity index (χ1n) is 10.3. The molecule has 1 atom stereocenters. The van der Waals surface area contributed by atoms with Gasteiger partial charge in [0.2, 0.25) is 5.91 Å². The summed E-state index contributed by atoms with van der Waals surface area (Å²) < 4.78 is 0. The predicted octanol–water partition coefficient (Wildman–Crippen LogP) is 4.79. The first kappa shape index (κ1) is 19.3. The van der Waals surface area contributed by atoms with Crippen LogP contribution in [0.5, 0.6) is 0 Å². The molecule has 2 aromatic carbocycles. The van der Waals surface area contributed by atoms with Crippen LogP contribution in [0.25, 0.3) is 0 Å². The maximum atomic E-state index is 12.8. The standard InChI is InChI=1S/C23H28ClN3O/c24-22-8-2-1-6-18(22)16-26-13-5-7-19(17-26)23(28)25-20-9-11-21(12-10-20)27-14-3-4-15-27/h1-2,6,8-12,19H,3-5,7,13-17H2,(H,25,28)/t19-/m0/s1. The van der Waals surface area contributed by atoms with Gasteiger partial charge in [0.15, 0.2) is 0 Å². The monoisotopic (exact) mass is 397 g/mol. The first-order chi connectivity index (χ1) is 13.7. The Balaban J connectivity index is 1.33. The number of rotatable bonds is 5. The number of benzene rings is 2. The van der Waals surface area contributed by atoms with Crippen molar-refractivity contribution in [3.8, 4) is 0 Å². The molecule has 2 heterocycles. The minimum absolute atomic E-state index is 0.0227. The Morgan fingerprint density at radius 3 is 2.50 bits per heavy atom. The van der Waals surface area contributed by atoms with Crippen LogP contribution in [0.15, 0.2) is 48.5 Å². The summed E-state index contributed by atoms with van der Waals surface area (Å²) in [5.41, 5.74) is 3.26. The summed E-state index contributed by atoms with van der Waals surface area (Å²) in [7, 11) is 0. The molecule has 2 aliphatic rings. The molecule has 2 fully saturated rings. The third kappa shape index (κ3) is 4.68. The number of likely N-dealkylation sites (tertiary alicyclic amines) is 1. The van der Waals surface area contributed by atoms with Crippen molar-refractivity contribution >= 4 is 28.9 Å². The second-order valence-electron chi connectivity index (χ2n) is 7.90. The average Bonchev–Trinajstić information content (AvgIpc) is 3.25. The van der Waals surface area contributed by atoms with Crippen molar-refractivity contribution in [1.82, 2.24) is 4.90 Å². The molecule has 0 spiro atoms. The molecule has 2 saturated heterocycles. The molecule has 148 valence electrons. The molecule has 0 unspecified atom stereocenters. The summed E-state index contributed by atoms with van der Waals surface area (Å²) in [5, 5.41) is 3.91. The normalized spacial score (nSPS) is 20.3. The van der Waals surface area contributed by atoms with Crippen LogP contribution >= 0.6 is 11.6 Å². The van der Waals surface area contributed by atoms with Crippen LogP contribution in [-0.2, 0) is 11.3 Å². The molecule has 28 heavy (non-hydrogen) atoms. The second-order valence-corrected chi connectivity index (χ2v) is 8.30. The van der Waals surface area contributed by atoms with Crippen LogP contribution in [0.1, 0.15) is 31.2 Å². The maximum Gasteiger partial charge on any atom is 0.228 e. The lowest BCUT2D eigenvalue weighted by Crippen LogP contribution is -2.40. The van der Waals surface area contributed by atoms with Gasteiger partial charge in [-0.25, -0.2) is 0 Å². The van der Waals surface area contributed by atoms with Gasteiger partial charge in [-0.2, -0.15) is 0 Å². The molecule has 1 N–H and O–H groups in total. The van der Waals surface area contributed by atoms with E-state index in [1.807, 2.05) is 30.3 Å². The van der Waals surface area contributed by atoms with Crippen molar-refractivity contribution in [3.05, 3.63) is 59.1 Å². The Morgan fingerprint density at radius 1 is 1.00 bits per heavy atom. The zero-order chi connectivity index (χ0) is 19.3. The average molecular weight is 398 g/mol. The Kier molecular flexibility index (Phi) is 6.18. The number of nitrogens with one attached hydrogen (secondary N) is 1. The van der Waals surface area contributed by atoms with Gasteiger partial charge in [0.05, 0.1) is 5.92 Å². The van der Waals surface area contributed by atoms with Crippen LogP contribution in [0.3, 0.4) is 0 Å². The van der Waals surface area contributed by atoms with E-state index < -0.39 is 0 Å². The lowest BCUT2D eigenvalue weighted by atomic mass is 9.96. The number of piperidine rings is 1. The number of nitrogens with zero attached hydrogens (tertiary/aromatic N) is 2. The van der Waals surface area contributed by atoms with Crippen LogP contribution in [0, 0.1) is 5.92 Å². The summed E-state index contributed by atoms with van der Waals surface area (Å²) in [6, 6.07) is 16.2. The van der Waals surface area contributed by atoms with Gasteiger partial charge < -0.3 is 10.2 Å². The zero-order valence-electron chi connectivity index (χ0n) is 16.2. The Hall–Kier alpha value is -2.04. The van der Waals surface area contributed by atoms with E-state index in [9.17, 15) is 4.79 Å². The van der Waals surface area contributed by atoms with Crippen molar-refractivity contribution in [1.29, 1.82) is 0 Å². The molecule has 4 rings (SSSR count). The zero-order valence-corrected chi connectivity index (χ0v) is 17.0. The molecule has 4 nitrogen and oxygen atoms in total. The van der Waals surface area contributed by atoms with Crippen LogP contribution in [0.2, 0.25) is 5.02 Å². The van der Waals surface area contributed by atoms with E-state index in [0.717, 1.165) is 61.8 Å². The second kappa shape index (κ2) is 8.97. The van der Waals surface area contributed by atoms with E-state index in [0.29, 0.717) is 0 Å². The van der Waals surface area contributed by atoms with Crippen LogP contribution < -0.4 is 10.2 Å². The van der Waals surface area contributed by atoms with Crippen molar-refractivity contribution in [2.75, 3.05) is 36.4 Å². The Labute approximate surface area is 172 Å². The number of hydrogen-bond acceptors (Lipinski definition) is 3. The molecule has 5 heteroatoms. The van der Waals surface area contributed by atoms with Crippen molar-refractivity contribution in [2.45, 2.75) is 32.2 Å². The highest BCUT2D eigenvalue weighted by molar-refractivity contribution is 6.31. The SMILES string of the molecule is O=C(Nc1ccc(N2CCCC2)cc1)[C@H]1CCCN(Cc2ccccc2Cl)C1. The quantitative estimate of drug-likeness (QED) is 0.787. The minimum Gasteiger partial charge on any atom is -0.372 e. The fourth-order valence-electron chi connectivity index (χ4n) is 4.26. The highest BCUT2D eigenvalue weighted by Crippen LogP contribution is 2.25. The number of anilines is 2. The number of hydrogen-bond donors (Lipinski definition) is 1. The molecule has 1 amide bonds. The van der Waals surface area contributed by atoms with Crippen molar-refractivity contribution < 1.29 is 4.79 Å². The van der Waals surface area contributed by atoms with Gasteiger partial charge in [-0.05, 0) is 68.1 Å². The van der Waals surface area contributed by atoms with E-state index >= 15 is 0 Å². The molecule has 0 aromatic heterocycles. The number of carbonyl (C=O) groups is 1. The number of halogens is 1. The van der Waals surface area contributed by atoms with Crippen LogP contribution in [-0.4, -0.2) is 37.0 Å². The van der Waals surface area contributed by atoms with E-state index in [1.54, 1.807) is 0 Å². The third-order valence-corrected chi connectivity index (χ3v) is 6.20. The minimum atomic E-state index is 0.0227. The molecule has 0 saturated carbocycles. The third-order valence-electron chi connectivity index (χ3n) is 5.83. The molecule has 0 radical (unpaired) electrons. The predicted molar refractivity (Wildman–Crippen MR) is 116 cm³/mol. The van der Waals surface area contributed by atoms with Crippen molar-refractivity contribution in [2.24, 2.45) is 5.92 Å². The van der Waals surface area contributed by atoms with Gasteiger partial charge in [-0.1, -0.05) is 29.8 Å². The van der Waals surface area contributed by atoms with Gasteiger partial charge in [-0.3, -0.25) is 9.69 Å². The van der Waals surface area contributed by atoms with Gasteiger partial charge in [0.25, 0.3) is 0 Å². The van der Waals surface area contributed by atoms with Crippen molar-refractivity contribution in [3.63, 3.8) is 0 Å². The van der Waals surface area contributed by atoms with Gasteiger partial charge in [-0.15, -0.1) is 0 Å². The fraction of sp³-hybridized carbons (Fsp3) is 0.435. The highest BCUT2D eigenvalue weighted by atomic mass is 35.5. The van der Waals surface area contributed by atoms with Gasteiger partial charge in [0, 0.05) is 42.6 Å². The lowest BCUT2D eigenvalue weighted by Gasteiger charge is -2.32. The largest absolute Gasteiger partial charge is 0.372 e. The first-order valence-corrected chi connectivity index (χ1v) is 10.7. The van der Waals surface area contributed by atoms with Gasteiger partial charge >= 0.3 is 0 Å². The smallest absolute Gasteiger partial charge is 0.228 e. The summed E-state index contributed by atoms with van der Waals surface area (Å²) in [4.78, 5) is 17.5. The molecular weight excluding hydrogens is 370 g/mol. The summed E-state index contributed by atoms with van der Waals surface area (Å²) >= 11 is 6.30. The molecule has 0 aliphatic carbocycles. The molecule has 2 aliphatic heterocycles. The Morgan fingerprint density at radius 2 is 1.75 bits per heavy atom. The Bertz CT molecular complexity index is 802. The van der Waals surface area contributed by atoms with Gasteiger partial charge in [0.1, 0.15) is 0 Å². The lowest BCUT2D eigenvalue weighted by molar-refractivity contribution is -0.121. The highest BCUT2D eigenvalue weighted by Gasteiger charge is 2.26. The summed E-state index contributed by atoms with van der Waals surface area (Å²) in [6.07, 6.45) is 4.52. The molecule has 0 bridgehead atoms. The van der Waals surface area contributed by atoms with Crippen LogP contribution in [0.4, 0.5) is 11.4 Å².